The van der Waals surface area contributed by atoms with E-state index in [-0.39, 0.29) is 28.2 Å². The van der Waals surface area contributed by atoms with Crippen molar-refractivity contribution in [2.75, 3.05) is 43.4 Å². The number of nitrogens with zero attached hydrogens (tertiary/aromatic N) is 4. The number of likely N-dealkylation sites (N-methyl/N-ethyl adjacent to an activating group) is 1. The van der Waals surface area contributed by atoms with E-state index in [1.807, 2.05) is 12.1 Å². The number of rotatable bonds is 5. The molecule has 9 nitrogen and oxygen atoms in total. The standard InChI is InChI=1S/C21H23ClN6O3S2/c1-26-7-9-27(10-8-26)15-4-2-14(3-5-15)20(29)23-19-16-12-28(13-18(16)24-25-19)33(30,31)21-17(22)6-11-32-21/h2-6,11H,7-10,12-13H2,1H3,(H2,23,24,25,29). The number of nitrogens with one attached hydrogen (secondary N) is 2. The number of benzene rings is 1. The van der Waals surface area contributed by atoms with Crippen LogP contribution in [0.3, 0.4) is 0 Å². The minimum atomic E-state index is -3.73. The van der Waals surface area contributed by atoms with Crippen LogP contribution in [0.15, 0.2) is 39.9 Å². The highest BCUT2D eigenvalue weighted by Crippen LogP contribution is 2.36. The maximum Gasteiger partial charge on any atom is 0.256 e. The van der Waals surface area contributed by atoms with Crippen LogP contribution in [0.5, 0.6) is 0 Å². The van der Waals surface area contributed by atoms with Gasteiger partial charge in [0.2, 0.25) is 0 Å². The highest BCUT2D eigenvalue weighted by atomic mass is 35.5. The number of aromatic amines is 1. The van der Waals surface area contributed by atoms with Gasteiger partial charge in [0.05, 0.1) is 17.3 Å². The molecule has 12 heteroatoms. The number of anilines is 2. The van der Waals surface area contributed by atoms with Crippen LogP contribution in [0.4, 0.5) is 11.5 Å². The normalized spacial score (nSPS) is 17.3. The summed E-state index contributed by atoms with van der Waals surface area (Å²) in [5.41, 5.74) is 2.92. The van der Waals surface area contributed by atoms with Gasteiger partial charge in [0.15, 0.2) is 10.0 Å². The number of amides is 1. The van der Waals surface area contributed by atoms with E-state index in [2.05, 4.69) is 32.4 Å². The molecule has 2 aliphatic heterocycles. The summed E-state index contributed by atoms with van der Waals surface area (Å²) in [5.74, 6) is 0.0463. The third-order valence-corrected chi connectivity index (χ3v) is 9.80. The molecule has 1 aromatic carbocycles. The summed E-state index contributed by atoms with van der Waals surface area (Å²) >= 11 is 7.13. The minimum absolute atomic E-state index is 0.111. The largest absolute Gasteiger partial charge is 0.369 e. The molecule has 0 saturated carbocycles. The number of thiophene rings is 1. The van der Waals surface area contributed by atoms with Crippen molar-refractivity contribution in [1.82, 2.24) is 19.4 Å². The van der Waals surface area contributed by atoms with Crippen LogP contribution in [0.25, 0.3) is 0 Å². The predicted molar refractivity (Wildman–Crippen MR) is 128 cm³/mol. The van der Waals surface area contributed by atoms with Gasteiger partial charge in [-0.3, -0.25) is 9.89 Å². The molecule has 0 unspecified atom stereocenters. The second kappa shape index (κ2) is 8.73. The molecule has 2 aromatic heterocycles. The molecule has 1 fully saturated rings. The van der Waals surface area contributed by atoms with Crippen molar-refractivity contribution >= 4 is 50.4 Å². The van der Waals surface area contributed by atoms with Crippen molar-refractivity contribution in [1.29, 1.82) is 0 Å². The molecule has 3 aromatic rings. The number of aromatic nitrogens is 2. The van der Waals surface area contributed by atoms with Crippen LogP contribution in [0.2, 0.25) is 5.02 Å². The van der Waals surface area contributed by atoms with Gasteiger partial charge >= 0.3 is 0 Å². The summed E-state index contributed by atoms with van der Waals surface area (Å²) in [6.45, 7) is 4.19. The first-order valence-electron chi connectivity index (χ1n) is 10.5. The van der Waals surface area contributed by atoms with Crippen molar-refractivity contribution in [3.8, 4) is 0 Å². The van der Waals surface area contributed by atoms with Crippen LogP contribution < -0.4 is 10.2 Å². The Bertz CT molecular complexity index is 1280. The fourth-order valence-electron chi connectivity index (χ4n) is 4.03. The van der Waals surface area contributed by atoms with Gasteiger partial charge in [0.25, 0.3) is 15.9 Å². The molecule has 1 amide bonds. The van der Waals surface area contributed by atoms with Gasteiger partial charge in [-0.1, -0.05) is 11.6 Å². The molecule has 0 radical (unpaired) electrons. The summed E-state index contributed by atoms with van der Waals surface area (Å²) < 4.78 is 27.3. The smallest absolute Gasteiger partial charge is 0.256 e. The first kappa shape index (κ1) is 22.4. The third-order valence-electron chi connectivity index (χ3n) is 6.01. The lowest BCUT2D eigenvalue weighted by Crippen LogP contribution is -2.44. The zero-order valence-electron chi connectivity index (χ0n) is 17.9. The average molecular weight is 507 g/mol. The Morgan fingerprint density at radius 1 is 1.12 bits per heavy atom. The summed E-state index contributed by atoms with van der Waals surface area (Å²) in [6, 6.07) is 9.07. The van der Waals surface area contributed by atoms with Crippen LogP contribution in [-0.2, 0) is 23.1 Å². The number of halogens is 1. The Hall–Kier alpha value is -2.44. The summed E-state index contributed by atoms with van der Waals surface area (Å²) in [4.78, 5) is 17.4. The van der Waals surface area contributed by atoms with Crippen LogP contribution >= 0.6 is 22.9 Å². The molecule has 33 heavy (non-hydrogen) atoms. The molecule has 0 bridgehead atoms. The molecule has 2 N–H and O–H groups in total. The lowest BCUT2D eigenvalue weighted by molar-refractivity contribution is 0.102. The van der Waals surface area contributed by atoms with Crippen molar-refractivity contribution in [2.45, 2.75) is 17.3 Å². The van der Waals surface area contributed by atoms with Crippen LogP contribution in [-0.4, -0.2) is 67.0 Å². The quantitative estimate of drug-likeness (QED) is 0.551. The fraction of sp³-hybridized carbons (Fsp3) is 0.333. The summed E-state index contributed by atoms with van der Waals surface area (Å²) in [7, 11) is -1.61. The number of piperazine rings is 1. The summed E-state index contributed by atoms with van der Waals surface area (Å²) in [5, 5.41) is 11.7. The van der Waals surface area contributed by atoms with E-state index in [4.69, 9.17) is 11.6 Å². The topological polar surface area (TPSA) is 102 Å². The van der Waals surface area contributed by atoms with Gasteiger partial charge < -0.3 is 15.1 Å². The lowest BCUT2D eigenvalue weighted by atomic mass is 10.1. The first-order valence-corrected chi connectivity index (χ1v) is 13.2. The highest BCUT2D eigenvalue weighted by molar-refractivity contribution is 7.91. The average Bonchev–Trinajstić information content (AvgIpc) is 3.52. The van der Waals surface area contributed by atoms with Gasteiger partial charge in [0.1, 0.15) is 0 Å². The van der Waals surface area contributed by atoms with Gasteiger partial charge in [-0.2, -0.15) is 9.40 Å². The third kappa shape index (κ3) is 4.26. The zero-order valence-corrected chi connectivity index (χ0v) is 20.3. The first-order chi connectivity index (χ1) is 15.8. The van der Waals surface area contributed by atoms with Crippen molar-refractivity contribution in [3.05, 3.63) is 57.6 Å². The number of hydrogen-bond donors (Lipinski definition) is 2. The Morgan fingerprint density at radius 3 is 2.52 bits per heavy atom. The highest BCUT2D eigenvalue weighted by Gasteiger charge is 2.36. The maximum absolute atomic E-state index is 12.9. The second-order valence-corrected chi connectivity index (χ2v) is 11.6. The molecule has 0 aliphatic carbocycles. The molecule has 0 spiro atoms. The van der Waals surface area contributed by atoms with Gasteiger partial charge in [-0.25, -0.2) is 8.42 Å². The molecule has 5 rings (SSSR count). The maximum atomic E-state index is 12.9. The van der Waals surface area contributed by atoms with Crippen LogP contribution in [0.1, 0.15) is 21.6 Å². The van der Waals surface area contributed by atoms with Gasteiger partial charge in [-0.15, -0.1) is 11.3 Å². The van der Waals surface area contributed by atoms with E-state index < -0.39 is 10.0 Å². The fourth-order valence-corrected chi connectivity index (χ4v) is 7.22. The Morgan fingerprint density at radius 2 is 1.85 bits per heavy atom. The lowest BCUT2D eigenvalue weighted by Gasteiger charge is -2.34. The molecule has 2 aliphatic rings. The van der Waals surface area contributed by atoms with Crippen molar-refractivity contribution in [2.24, 2.45) is 0 Å². The Kier molecular flexibility index (Phi) is 5.91. The number of carbonyl (C=O) groups excluding carboxylic acids is 1. The van der Waals surface area contributed by atoms with Gasteiger partial charge in [0, 0.05) is 49.5 Å². The molecular weight excluding hydrogens is 484 g/mol. The minimum Gasteiger partial charge on any atom is -0.369 e. The van der Waals surface area contributed by atoms with E-state index in [0.29, 0.717) is 22.6 Å². The van der Waals surface area contributed by atoms with Crippen molar-refractivity contribution < 1.29 is 13.2 Å². The van der Waals surface area contributed by atoms with E-state index in [1.54, 1.807) is 23.6 Å². The molecule has 1 saturated heterocycles. The number of carbonyl (C=O) groups is 1. The SMILES string of the molecule is CN1CCN(c2ccc(C(=O)Nc3n[nH]c4c3CN(S(=O)(=O)c3sccc3Cl)C4)cc2)CC1. The Labute approximate surface area is 201 Å². The van der Waals surface area contributed by atoms with Crippen molar-refractivity contribution in [3.63, 3.8) is 0 Å². The van der Waals surface area contributed by atoms with E-state index in [0.717, 1.165) is 43.2 Å². The molecule has 0 atom stereocenters. The second-order valence-electron chi connectivity index (χ2n) is 8.15. The monoisotopic (exact) mass is 506 g/mol. The molecular formula is C21H23ClN6O3S2. The summed E-state index contributed by atoms with van der Waals surface area (Å²) in [6.07, 6.45) is 0. The molecule has 174 valence electrons. The number of sulfonamides is 1. The van der Waals surface area contributed by atoms with E-state index >= 15 is 0 Å². The number of fused-ring (bicyclic) bond motifs is 1. The zero-order chi connectivity index (χ0) is 23.2. The molecule has 4 heterocycles. The number of H-pyrrole nitrogens is 1. The van der Waals surface area contributed by atoms with Gasteiger partial charge in [-0.05, 0) is 42.8 Å². The van der Waals surface area contributed by atoms with E-state index in [9.17, 15) is 13.2 Å². The predicted octanol–water partition coefficient (Wildman–Crippen LogP) is 2.83. The number of hydrogen-bond acceptors (Lipinski definition) is 7. The Balaban J connectivity index is 1.27. The van der Waals surface area contributed by atoms with E-state index in [1.165, 1.54) is 4.31 Å². The van der Waals surface area contributed by atoms with Crippen LogP contribution in [0, 0.1) is 0 Å².